The lowest BCUT2D eigenvalue weighted by atomic mass is 9.84. The molecule has 0 unspecified atom stereocenters. The Morgan fingerprint density at radius 2 is 1.58 bits per heavy atom. The van der Waals surface area contributed by atoms with Crippen LogP contribution in [0.5, 0.6) is 0 Å². The zero-order valence-electron chi connectivity index (χ0n) is 24.1. The SMILES string of the molecule is CCCCCc1ccc2c(c1)c1cc(C(C)(C)C)ccc1n2-c1csc(B2OC(C)(C)C(C)(C)O2)c1C=O. The molecule has 200 valence electrons. The fourth-order valence-electron chi connectivity index (χ4n) is 5.33. The van der Waals surface area contributed by atoms with Crippen molar-refractivity contribution in [2.45, 2.75) is 97.7 Å². The highest BCUT2D eigenvalue weighted by Gasteiger charge is 2.53. The Labute approximate surface area is 231 Å². The second-order valence-electron chi connectivity index (χ2n) is 12.7. The third kappa shape index (κ3) is 4.55. The second-order valence-corrected chi connectivity index (χ2v) is 13.6. The van der Waals surface area contributed by atoms with Crippen molar-refractivity contribution in [3.05, 3.63) is 58.5 Å². The summed E-state index contributed by atoms with van der Waals surface area (Å²) in [6.45, 7) is 17.2. The molecule has 5 rings (SSSR count). The number of nitrogens with zero attached hydrogens (tertiary/aromatic N) is 1. The number of thiophene rings is 1. The van der Waals surface area contributed by atoms with E-state index < -0.39 is 18.3 Å². The number of fused-ring (bicyclic) bond motifs is 3. The average molecular weight is 530 g/mol. The Balaban J connectivity index is 1.70. The lowest BCUT2D eigenvalue weighted by Crippen LogP contribution is -2.41. The first-order valence-electron chi connectivity index (χ1n) is 13.9. The van der Waals surface area contributed by atoms with Gasteiger partial charge in [-0.3, -0.25) is 4.79 Å². The summed E-state index contributed by atoms with van der Waals surface area (Å²) in [5.74, 6) is 0. The number of carbonyl (C=O) groups is 1. The van der Waals surface area contributed by atoms with Crippen LogP contribution in [0.25, 0.3) is 27.5 Å². The van der Waals surface area contributed by atoms with E-state index in [2.05, 4.69) is 74.0 Å². The molecule has 0 amide bonds. The van der Waals surface area contributed by atoms with Crippen LogP contribution in [0.3, 0.4) is 0 Å². The number of hydrogen-bond donors (Lipinski definition) is 0. The van der Waals surface area contributed by atoms with Crippen molar-refractivity contribution in [1.29, 1.82) is 0 Å². The third-order valence-electron chi connectivity index (χ3n) is 8.43. The molecule has 4 nitrogen and oxygen atoms in total. The van der Waals surface area contributed by atoms with Crippen LogP contribution < -0.4 is 4.78 Å². The molecule has 6 heteroatoms. The van der Waals surface area contributed by atoms with Gasteiger partial charge in [-0.25, -0.2) is 0 Å². The summed E-state index contributed by atoms with van der Waals surface area (Å²) in [4.78, 5) is 12.6. The first-order valence-corrected chi connectivity index (χ1v) is 14.8. The van der Waals surface area contributed by atoms with Crippen molar-refractivity contribution < 1.29 is 14.1 Å². The van der Waals surface area contributed by atoms with Gasteiger partial charge in [0.15, 0.2) is 6.29 Å². The number of rotatable bonds is 7. The standard InChI is InChI=1S/C32H40BNO3S/c1-9-10-11-12-21-13-15-26-23(17-21)24-18-22(30(2,3)4)14-16-27(24)34(26)28-20-38-29(25(28)19-35)33-36-31(5,6)32(7,8)37-33/h13-20H,9-12H2,1-8H3. The first-order chi connectivity index (χ1) is 17.9. The lowest BCUT2D eigenvalue weighted by molar-refractivity contribution is 0.00578. The highest BCUT2D eigenvalue weighted by atomic mass is 32.1. The van der Waals surface area contributed by atoms with E-state index in [1.807, 2.05) is 27.7 Å². The van der Waals surface area contributed by atoms with Crippen LogP contribution in [0, 0.1) is 0 Å². The van der Waals surface area contributed by atoms with Crippen LogP contribution in [-0.2, 0) is 21.1 Å². The van der Waals surface area contributed by atoms with Gasteiger partial charge in [-0.05, 0) is 81.3 Å². The van der Waals surface area contributed by atoms with E-state index in [1.165, 1.54) is 52.5 Å². The number of aldehydes is 1. The van der Waals surface area contributed by atoms with E-state index in [-0.39, 0.29) is 5.41 Å². The third-order valence-corrected chi connectivity index (χ3v) is 9.44. The fraction of sp³-hybridized carbons (Fsp3) is 0.469. The zero-order valence-corrected chi connectivity index (χ0v) is 24.9. The van der Waals surface area contributed by atoms with Gasteiger partial charge in [-0.2, -0.15) is 0 Å². The van der Waals surface area contributed by atoms with Crippen molar-refractivity contribution in [1.82, 2.24) is 4.57 Å². The van der Waals surface area contributed by atoms with Crippen molar-refractivity contribution in [3.8, 4) is 5.69 Å². The molecule has 2 aromatic carbocycles. The maximum atomic E-state index is 12.6. The molecular formula is C32H40BNO3S. The van der Waals surface area contributed by atoms with Crippen LogP contribution in [-0.4, -0.2) is 29.2 Å². The molecule has 38 heavy (non-hydrogen) atoms. The van der Waals surface area contributed by atoms with Crippen molar-refractivity contribution in [3.63, 3.8) is 0 Å². The van der Waals surface area contributed by atoms with Gasteiger partial charge >= 0.3 is 7.12 Å². The van der Waals surface area contributed by atoms with Gasteiger partial charge in [0, 0.05) is 26.5 Å². The van der Waals surface area contributed by atoms with E-state index >= 15 is 0 Å². The summed E-state index contributed by atoms with van der Waals surface area (Å²) >= 11 is 1.54. The quantitative estimate of drug-likeness (QED) is 0.138. The summed E-state index contributed by atoms with van der Waals surface area (Å²) in [5.41, 5.74) is 5.53. The molecular weight excluding hydrogens is 489 g/mol. The number of carbonyl (C=O) groups excluding carboxylic acids is 1. The van der Waals surface area contributed by atoms with Gasteiger partial charge in [-0.15, -0.1) is 11.3 Å². The van der Waals surface area contributed by atoms with Crippen molar-refractivity contribution in [2.24, 2.45) is 0 Å². The van der Waals surface area contributed by atoms with Crippen molar-refractivity contribution in [2.75, 3.05) is 0 Å². The van der Waals surface area contributed by atoms with Crippen LogP contribution in [0.4, 0.5) is 0 Å². The van der Waals surface area contributed by atoms with E-state index in [0.29, 0.717) is 5.56 Å². The monoisotopic (exact) mass is 529 g/mol. The van der Waals surface area contributed by atoms with E-state index in [1.54, 1.807) is 0 Å². The molecule has 1 fully saturated rings. The highest BCUT2D eigenvalue weighted by Crippen LogP contribution is 2.40. The predicted octanol–water partition coefficient (Wildman–Crippen LogP) is 7.99. The van der Waals surface area contributed by atoms with Gasteiger partial charge in [0.2, 0.25) is 0 Å². The van der Waals surface area contributed by atoms with Crippen LogP contribution >= 0.6 is 11.3 Å². The summed E-state index contributed by atoms with van der Waals surface area (Å²) in [6.07, 6.45) is 5.71. The van der Waals surface area contributed by atoms with Gasteiger partial charge in [-0.1, -0.05) is 52.7 Å². The highest BCUT2D eigenvalue weighted by molar-refractivity contribution is 7.21. The number of aryl methyl sites for hydroxylation is 1. The topological polar surface area (TPSA) is 40.5 Å². The molecule has 3 heterocycles. The molecule has 0 aliphatic carbocycles. The largest absolute Gasteiger partial charge is 0.506 e. The Kier molecular flexibility index (Phi) is 6.90. The van der Waals surface area contributed by atoms with Crippen LogP contribution in [0.15, 0.2) is 41.8 Å². The molecule has 1 aliphatic rings. The second kappa shape index (κ2) is 9.65. The number of benzene rings is 2. The maximum absolute atomic E-state index is 12.6. The van der Waals surface area contributed by atoms with Crippen LogP contribution in [0.2, 0.25) is 0 Å². The predicted molar refractivity (Wildman–Crippen MR) is 162 cm³/mol. The molecule has 0 saturated carbocycles. The van der Waals surface area contributed by atoms with Gasteiger partial charge < -0.3 is 13.9 Å². The molecule has 2 aromatic heterocycles. The average Bonchev–Trinajstić information content (AvgIpc) is 3.47. The molecule has 1 saturated heterocycles. The summed E-state index contributed by atoms with van der Waals surface area (Å²) in [6, 6.07) is 13.6. The molecule has 0 bridgehead atoms. The Bertz CT molecular complexity index is 1490. The molecule has 0 radical (unpaired) electrons. The Morgan fingerprint density at radius 3 is 2.18 bits per heavy atom. The van der Waals surface area contributed by atoms with E-state index in [9.17, 15) is 4.79 Å². The van der Waals surface area contributed by atoms with Crippen LogP contribution in [0.1, 0.15) is 96.1 Å². The molecule has 1 aliphatic heterocycles. The normalized spacial score (nSPS) is 17.1. The number of aromatic nitrogens is 1. The van der Waals surface area contributed by atoms with Gasteiger partial charge in [0.1, 0.15) is 0 Å². The lowest BCUT2D eigenvalue weighted by Gasteiger charge is -2.32. The smallest absolute Gasteiger partial charge is 0.399 e. The minimum absolute atomic E-state index is 0.0433. The minimum Gasteiger partial charge on any atom is -0.399 e. The number of hydrogen-bond acceptors (Lipinski definition) is 4. The molecule has 0 N–H and O–H groups in total. The number of unbranched alkanes of at least 4 members (excludes halogenated alkanes) is 2. The summed E-state index contributed by atoms with van der Waals surface area (Å²) in [5, 5.41) is 4.54. The van der Waals surface area contributed by atoms with Gasteiger partial charge in [0.25, 0.3) is 0 Å². The Hall–Kier alpha value is -2.41. The maximum Gasteiger partial charge on any atom is 0.506 e. The zero-order chi connectivity index (χ0) is 27.5. The van der Waals surface area contributed by atoms with Gasteiger partial charge in [0.05, 0.1) is 27.9 Å². The first kappa shape index (κ1) is 27.2. The molecule has 0 spiro atoms. The van der Waals surface area contributed by atoms with Crippen molar-refractivity contribution >= 4 is 51.3 Å². The fourth-order valence-corrected chi connectivity index (χ4v) is 6.29. The van der Waals surface area contributed by atoms with E-state index in [0.717, 1.165) is 34.2 Å². The minimum atomic E-state index is -0.565. The van der Waals surface area contributed by atoms with E-state index in [4.69, 9.17) is 9.31 Å². The summed E-state index contributed by atoms with van der Waals surface area (Å²) < 4.78 is 15.7. The molecule has 0 atom stereocenters. The molecule has 4 aromatic rings. The Morgan fingerprint density at radius 1 is 0.947 bits per heavy atom. The summed E-state index contributed by atoms with van der Waals surface area (Å²) in [7, 11) is -0.565.